The fraction of sp³-hybridized carbons (Fsp3) is 0.314. The second-order valence-electron chi connectivity index (χ2n) is 34.2. The molecule has 2 saturated carbocycles. The molecule has 22 nitrogen and oxygen atoms in total. The number of benzene rings is 8. The lowest BCUT2D eigenvalue weighted by atomic mass is 9.93. The molecule has 30 heteroatoms. The van der Waals surface area contributed by atoms with Crippen LogP contribution in [0.3, 0.4) is 0 Å². The van der Waals surface area contributed by atoms with E-state index < -0.39 is 0 Å². The van der Waals surface area contributed by atoms with Crippen LogP contribution in [0.25, 0.3) is 44.5 Å². The summed E-state index contributed by atoms with van der Waals surface area (Å²) in [4.78, 5) is 67.0. The Balaban J connectivity index is 0.000000173. The molecule has 135 heavy (non-hydrogen) atoms. The molecule has 710 valence electrons. The topological polar surface area (TPSA) is 270 Å². The highest BCUT2D eigenvalue weighted by Gasteiger charge is 2.23. The smallest absolute Gasteiger partial charge is 0.319 e. The van der Waals surface area contributed by atoms with Gasteiger partial charge in [0.25, 0.3) is 0 Å². The zero-order valence-electron chi connectivity index (χ0n) is 76.4. The molecule has 4 aromatic heterocycles. The summed E-state index contributed by atoms with van der Waals surface area (Å²) < 4.78 is 1.03. The number of carbonyl (C=O) groups is 4. The third-order valence-corrected chi connectivity index (χ3v) is 25.0. The first kappa shape index (κ1) is 105. The molecule has 2 aliphatic rings. The van der Waals surface area contributed by atoms with Crippen molar-refractivity contribution in [1.29, 1.82) is 0 Å². The number of pyridine rings is 4. The Kier molecular flexibility index (Phi) is 43.6. The van der Waals surface area contributed by atoms with E-state index in [4.69, 9.17) is 92.8 Å². The molecular weight excluding hydrogens is 1860 g/mol. The molecule has 0 spiro atoms. The average Bonchev–Trinajstić information content (AvgIpc) is 1.04. The molecule has 2 aliphatic carbocycles. The molecule has 4 atom stereocenters. The highest BCUT2D eigenvalue weighted by Crippen LogP contribution is 2.33. The third kappa shape index (κ3) is 37.8. The van der Waals surface area contributed by atoms with E-state index in [-0.39, 0.29) is 47.8 Å². The zero-order chi connectivity index (χ0) is 95.6. The molecular formula is C105H120Cl8N17O5+. The Morgan fingerprint density at radius 3 is 0.881 bits per heavy atom. The first-order valence-electron chi connectivity index (χ1n) is 45.7. The van der Waals surface area contributed by atoms with Crippen LogP contribution in [-0.4, -0.2) is 160 Å². The highest BCUT2D eigenvalue weighted by atomic mass is 35.5. The van der Waals surface area contributed by atoms with Crippen LogP contribution < -0.4 is 63.2 Å². The molecule has 2 fully saturated rings. The minimum atomic E-state index is -0.296. The Morgan fingerprint density at radius 1 is 0.341 bits per heavy atom. The van der Waals surface area contributed by atoms with Crippen molar-refractivity contribution in [3.63, 3.8) is 0 Å². The maximum Gasteiger partial charge on any atom is 0.319 e. The van der Waals surface area contributed by atoms with Gasteiger partial charge in [0.15, 0.2) is 0 Å². The third-order valence-electron chi connectivity index (χ3n) is 23.3. The molecule has 0 radical (unpaired) electrons. The number of urea groups is 4. The van der Waals surface area contributed by atoms with Crippen molar-refractivity contribution >= 4 is 140 Å². The van der Waals surface area contributed by atoms with E-state index >= 15 is 0 Å². The Labute approximate surface area is 833 Å². The molecule has 0 aliphatic heterocycles. The van der Waals surface area contributed by atoms with Gasteiger partial charge >= 0.3 is 24.1 Å². The predicted octanol–water partition coefficient (Wildman–Crippen LogP) is 24.7. The van der Waals surface area contributed by atoms with Crippen molar-refractivity contribution < 1.29 is 29.1 Å². The van der Waals surface area contributed by atoms with E-state index in [0.717, 1.165) is 121 Å². The summed E-state index contributed by atoms with van der Waals surface area (Å²) in [6.07, 6.45) is 29.1. The van der Waals surface area contributed by atoms with Gasteiger partial charge in [0.1, 0.15) is 0 Å². The summed E-state index contributed by atoms with van der Waals surface area (Å²) >= 11 is 48.3. The van der Waals surface area contributed by atoms with Crippen LogP contribution in [-0.2, 0) is 0 Å². The van der Waals surface area contributed by atoms with Crippen LogP contribution in [0.15, 0.2) is 268 Å². The van der Waals surface area contributed by atoms with E-state index in [0.29, 0.717) is 101 Å². The minimum Gasteiger partial charge on any atom is -0.337 e. The summed E-state index contributed by atoms with van der Waals surface area (Å²) in [7, 11) is 8.26. The van der Waals surface area contributed by atoms with Crippen LogP contribution in [0.5, 0.6) is 0 Å². The van der Waals surface area contributed by atoms with Crippen LogP contribution in [0, 0.1) is 0 Å². The summed E-state index contributed by atoms with van der Waals surface area (Å²) in [6, 6.07) is 69.5. The van der Waals surface area contributed by atoms with Crippen molar-refractivity contribution in [1.82, 2.24) is 62.0 Å². The van der Waals surface area contributed by atoms with Gasteiger partial charge in [0.05, 0.1) is 0 Å². The van der Waals surface area contributed by atoms with E-state index in [1.807, 2.05) is 75.2 Å². The Hall–Kier alpha value is -10.6. The van der Waals surface area contributed by atoms with Gasteiger partial charge in [0, 0.05) is 179 Å². The van der Waals surface area contributed by atoms with Gasteiger partial charge in [-0.2, -0.15) is 0 Å². The lowest BCUT2D eigenvalue weighted by Gasteiger charge is -2.21. The van der Waals surface area contributed by atoms with Gasteiger partial charge in [-0.25, -0.2) is 19.2 Å². The number of hydrogen-bond donors (Lipinski definition) is 12. The molecule has 8 amide bonds. The summed E-state index contributed by atoms with van der Waals surface area (Å²) in [5, 5.41) is 47.4. The van der Waals surface area contributed by atoms with Gasteiger partial charge in [0.2, 0.25) is 12.4 Å². The largest absolute Gasteiger partial charge is 0.337 e. The Bertz CT molecular complexity index is 5540. The van der Waals surface area contributed by atoms with Gasteiger partial charge in [-0.05, 0) is 283 Å². The second kappa shape index (κ2) is 56.2. The molecule has 14 rings (SSSR count). The lowest BCUT2D eigenvalue weighted by molar-refractivity contribution is -0.904. The number of anilines is 4. The number of rotatable bonds is 38. The van der Waals surface area contributed by atoms with Crippen LogP contribution >= 0.6 is 92.8 Å². The highest BCUT2D eigenvalue weighted by molar-refractivity contribution is 6.37. The fourth-order valence-corrected chi connectivity index (χ4v) is 18.2. The van der Waals surface area contributed by atoms with Crippen LogP contribution in [0.2, 0.25) is 40.2 Å². The van der Waals surface area contributed by atoms with Crippen molar-refractivity contribution in [2.24, 2.45) is 0 Å². The maximum atomic E-state index is 12.6. The number of nitrogens with one attached hydrogen (secondary N) is 11. The SMILES string of the molecule is CN(C)CCC(CNC(=O)Nc1cc(Cl)cc(Cl)c1)c1ccc(-c2cccnc2)cc1.CN(C)CCCNCCC(CNC(=O)Nc1cc(Cl)cc(Cl)c1)c1ccc(-c2cccnc2)cc1.O=C(NCC(CCNC1CCCC1)c1ccc(-c2cc[n+](O)cc2)cc1)Nc1cc(Cl)cc(Cl)c1.O=C(NCC(CCNC1CCCC1)c1ccc(-c2cccnc2)cc1)Nc1cc(Cl)cc(Cl)c1. The van der Waals surface area contributed by atoms with Crippen molar-refractivity contribution in [3.8, 4) is 44.5 Å². The normalized spacial score (nSPS) is 13.3. The number of carbonyl (C=O) groups excluding carboxylic acids is 4. The number of amides is 8. The standard InChI is InChI=1S/C27H33Cl2N5O.C27H30Cl2N4O2.C27H30Cl2N4O.C24H26Cl2N4O/c1-34(2)14-4-12-30-13-10-23(19-32-27(35)33-26-16-24(28)15-25(29)17-26)21-8-6-20(7-9-21)22-5-3-11-31-18-22;28-23-15-24(29)17-26(16-23)32-27(34)31-18-22(9-12-30-25-3-1-2-4-25)20-7-5-19(6-8-20)21-10-13-33(35)14-11-21;28-23-14-24(29)16-26(15-23)33-27(34)32-18-22(11-13-31-25-5-1-2-6-25)20-9-7-19(8-10-20)21-4-3-12-30-17-21;1-30(2)11-9-20(16-28-24(31)29-23-13-21(25)12-22(26)14-23)18-7-5-17(6-8-18)19-4-3-10-27-15-19/h3,5-9,11,15-18,23,30H,4,10,12-14,19H2,1-2H3,(H2,32,33,35);5-8,10-11,13-17,22,25,30H,1-4,9,12,18H2,(H2-,31,32,34,35);3-4,7-10,12,14-17,22,25,31H,1-2,5-6,11,13,18H2,(H2,32,33,34);3-8,10,12-15,20H,9,11,16H2,1-2H3,(H2,28,29,31)/p+1. The lowest BCUT2D eigenvalue weighted by Crippen LogP contribution is -2.34. The number of halogens is 8. The first-order valence-corrected chi connectivity index (χ1v) is 48.7. The molecule has 12 N–H and O–H groups in total. The van der Waals surface area contributed by atoms with Crippen LogP contribution in [0.4, 0.5) is 41.9 Å². The first-order chi connectivity index (χ1) is 65.3. The van der Waals surface area contributed by atoms with Gasteiger partial charge in [-0.1, -0.05) is 234 Å². The quantitative estimate of drug-likeness (QED) is 0.00977. The van der Waals surface area contributed by atoms with Gasteiger partial charge in [-0.15, -0.1) is 0 Å². The summed E-state index contributed by atoms with van der Waals surface area (Å²) in [6.45, 7) is 7.69. The number of hydrogen-bond acceptors (Lipinski definition) is 13. The van der Waals surface area contributed by atoms with E-state index in [2.05, 4.69) is 200 Å². The van der Waals surface area contributed by atoms with E-state index in [1.54, 1.807) is 104 Å². The minimum absolute atomic E-state index is 0.155. The van der Waals surface area contributed by atoms with Crippen molar-refractivity contribution in [2.75, 3.05) is 115 Å². The molecule has 4 heterocycles. The van der Waals surface area contributed by atoms with Gasteiger partial charge < -0.3 is 68.3 Å². The van der Waals surface area contributed by atoms with Crippen LogP contribution in [0.1, 0.15) is 129 Å². The fourth-order valence-electron chi connectivity index (χ4n) is 16.1. The van der Waals surface area contributed by atoms with E-state index in [9.17, 15) is 24.4 Å². The predicted molar refractivity (Wildman–Crippen MR) is 557 cm³/mol. The second-order valence-corrected chi connectivity index (χ2v) is 37.7. The molecule has 0 saturated heterocycles. The summed E-state index contributed by atoms with van der Waals surface area (Å²) in [5.41, 5.74) is 15.7. The number of nitrogens with zero attached hydrogens (tertiary/aromatic N) is 6. The zero-order valence-corrected chi connectivity index (χ0v) is 82.5. The average molecular weight is 1980 g/mol. The molecule has 0 bridgehead atoms. The molecule has 4 unspecified atom stereocenters. The van der Waals surface area contributed by atoms with Crippen molar-refractivity contribution in [3.05, 3.63) is 330 Å². The van der Waals surface area contributed by atoms with Crippen molar-refractivity contribution in [2.45, 2.75) is 119 Å². The van der Waals surface area contributed by atoms with E-state index in [1.165, 1.54) is 73.6 Å². The summed E-state index contributed by atoms with van der Waals surface area (Å²) in [5.74, 6) is 0.680. The number of aromatic nitrogens is 4. The molecule has 8 aromatic carbocycles. The molecule has 12 aromatic rings. The monoisotopic (exact) mass is 1980 g/mol. The maximum absolute atomic E-state index is 12.6. The van der Waals surface area contributed by atoms with Gasteiger partial charge in [-0.3, -0.25) is 20.2 Å². The Morgan fingerprint density at radius 2 is 0.607 bits per heavy atom.